The Bertz CT molecular complexity index is 220. The predicted molar refractivity (Wildman–Crippen MR) is 52.6 cm³/mol. The molecule has 0 aliphatic heterocycles. The summed E-state index contributed by atoms with van der Waals surface area (Å²) >= 11 is 0. The smallest absolute Gasteiger partial charge is 0.188 e. The summed E-state index contributed by atoms with van der Waals surface area (Å²) in [5.74, 6) is 0.871. The highest BCUT2D eigenvalue weighted by Crippen LogP contribution is 2.11. The molecule has 0 saturated carbocycles. The van der Waals surface area contributed by atoms with Crippen molar-refractivity contribution in [1.29, 1.82) is 0 Å². The molecule has 1 rings (SSSR count). The van der Waals surface area contributed by atoms with Crippen molar-refractivity contribution in [2.45, 2.75) is 6.04 Å². The number of methoxy groups -OCH3 is 1. The lowest BCUT2D eigenvalue weighted by molar-refractivity contribution is 0.0511. The summed E-state index contributed by atoms with van der Waals surface area (Å²) < 4.78 is 10.0. The molecule has 0 amide bonds. The Labute approximate surface area is 75.9 Å². The van der Waals surface area contributed by atoms with E-state index < -0.39 is 0 Å². The lowest BCUT2D eigenvalue weighted by atomic mass is 10.2. The molecule has 0 atom stereocenters. The quantitative estimate of drug-likeness (QED) is 0.500. The molecule has 0 N–H and O–H groups in total. The van der Waals surface area contributed by atoms with E-state index in [1.807, 2.05) is 12.1 Å². The van der Waals surface area contributed by atoms with Crippen LogP contribution in [0.3, 0.4) is 0 Å². The second kappa shape index (κ2) is 4.95. The van der Waals surface area contributed by atoms with Gasteiger partial charge in [0.2, 0.25) is 0 Å². The maximum atomic E-state index is 5.24. The molecular formula is C9H14O2Si. The summed E-state index contributed by atoms with van der Waals surface area (Å²) in [5.41, 5.74) is 1.38. The maximum Gasteiger partial charge on any atom is 0.188 e. The van der Waals surface area contributed by atoms with Gasteiger partial charge in [0.05, 0.1) is 0 Å². The lowest BCUT2D eigenvalue weighted by Crippen LogP contribution is -1.98. The van der Waals surface area contributed by atoms with E-state index in [2.05, 4.69) is 12.1 Å². The molecule has 0 aliphatic rings. The average molecular weight is 182 g/mol. The van der Waals surface area contributed by atoms with Crippen LogP contribution in [0.25, 0.3) is 0 Å². The van der Waals surface area contributed by atoms with Crippen molar-refractivity contribution in [2.24, 2.45) is 0 Å². The molecule has 0 radical (unpaired) electrons. The van der Waals surface area contributed by atoms with Crippen molar-refractivity contribution in [1.82, 2.24) is 0 Å². The largest absolute Gasteiger partial charge is 0.468 e. The van der Waals surface area contributed by atoms with Crippen LogP contribution in [0.15, 0.2) is 24.3 Å². The van der Waals surface area contributed by atoms with Gasteiger partial charge in [0.25, 0.3) is 0 Å². The number of benzene rings is 1. The highest BCUT2D eigenvalue weighted by molar-refractivity contribution is 6.08. The van der Waals surface area contributed by atoms with E-state index in [1.54, 1.807) is 7.11 Å². The number of rotatable bonds is 4. The van der Waals surface area contributed by atoms with Crippen molar-refractivity contribution in [3.63, 3.8) is 0 Å². The van der Waals surface area contributed by atoms with Crippen molar-refractivity contribution >= 4 is 10.2 Å². The van der Waals surface area contributed by atoms with Gasteiger partial charge in [0, 0.05) is 17.4 Å². The maximum absolute atomic E-state index is 5.24. The Balaban J connectivity index is 2.53. The molecule has 0 fully saturated rings. The Morgan fingerprint density at radius 3 is 2.42 bits per heavy atom. The van der Waals surface area contributed by atoms with Crippen molar-refractivity contribution < 1.29 is 9.47 Å². The van der Waals surface area contributed by atoms with Crippen molar-refractivity contribution in [3.05, 3.63) is 29.8 Å². The first-order valence-corrected chi connectivity index (χ1v) is 5.49. The Morgan fingerprint density at radius 2 is 1.92 bits per heavy atom. The number of hydrogen-bond acceptors (Lipinski definition) is 2. The Kier molecular flexibility index (Phi) is 3.83. The molecule has 0 spiro atoms. The number of hydrogen-bond donors (Lipinski definition) is 0. The van der Waals surface area contributed by atoms with Gasteiger partial charge in [-0.05, 0) is 18.2 Å². The van der Waals surface area contributed by atoms with E-state index in [1.165, 1.54) is 21.9 Å². The first kappa shape index (κ1) is 9.29. The van der Waals surface area contributed by atoms with E-state index in [0.29, 0.717) is 6.79 Å². The molecule has 0 heterocycles. The predicted octanol–water partition coefficient (Wildman–Crippen LogP) is 0.535. The highest BCUT2D eigenvalue weighted by atomic mass is 28.1. The van der Waals surface area contributed by atoms with Gasteiger partial charge in [0.1, 0.15) is 5.75 Å². The third-order valence-electron chi connectivity index (χ3n) is 1.68. The minimum Gasteiger partial charge on any atom is -0.468 e. The normalized spacial score (nSPS) is 10.1. The fourth-order valence-electron chi connectivity index (χ4n) is 0.948. The molecule has 66 valence electrons. The van der Waals surface area contributed by atoms with E-state index in [-0.39, 0.29) is 0 Å². The van der Waals surface area contributed by atoms with Crippen LogP contribution in [-0.4, -0.2) is 24.1 Å². The third-order valence-corrected chi connectivity index (χ3v) is 2.49. The molecule has 12 heavy (non-hydrogen) atoms. The van der Waals surface area contributed by atoms with Gasteiger partial charge in [-0.3, -0.25) is 0 Å². The summed E-state index contributed by atoms with van der Waals surface area (Å²) in [6.45, 7) is 0.320. The Morgan fingerprint density at radius 1 is 1.25 bits per heavy atom. The van der Waals surface area contributed by atoms with E-state index in [0.717, 1.165) is 5.75 Å². The highest BCUT2D eigenvalue weighted by Gasteiger charge is 1.92. The van der Waals surface area contributed by atoms with Crippen LogP contribution in [-0.2, 0) is 10.8 Å². The first-order valence-electron chi connectivity index (χ1n) is 4.07. The van der Waals surface area contributed by atoms with Crippen LogP contribution in [0.5, 0.6) is 5.75 Å². The fraction of sp³-hybridized carbons (Fsp3) is 0.333. The molecule has 0 saturated heterocycles. The first-order chi connectivity index (χ1) is 5.86. The standard InChI is InChI=1S/C9H14O2Si/c1-10-7-11-9-4-2-8(6-12)3-5-9/h2-5H,6-7H2,1,12H3. The van der Waals surface area contributed by atoms with Crippen molar-refractivity contribution in [3.8, 4) is 5.75 Å². The van der Waals surface area contributed by atoms with Gasteiger partial charge in [0.15, 0.2) is 6.79 Å². The summed E-state index contributed by atoms with van der Waals surface area (Å²) in [6, 6.07) is 9.35. The van der Waals surface area contributed by atoms with Gasteiger partial charge in [-0.2, -0.15) is 0 Å². The molecule has 3 heteroatoms. The average Bonchev–Trinajstić information content (AvgIpc) is 2.15. The monoisotopic (exact) mass is 182 g/mol. The molecule has 0 aromatic heterocycles. The second-order valence-corrected chi connectivity index (χ2v) is 3.26. The minimum atomic E-state index is 0.320. The van der Waals surface area contributed by atoms with Crippen LogP contribution < -0.4 is 4.74 Å². The van der Waals surface area contributed by atoms with Crippen molar-refractivity contribution in [2.75, 3.05) is 13.9 Å². The summed E-state index contributed by atoms with van der Waals surface area (Å²) in [7, 11) is 2.83. The van der Waals surface area contributed by atoms with E-state index in [4.69, 9.17) is 9.47 Å². The summed E-state index contributed by atoms with van der Waals surface area (Å²) in [5, 5.41) is 0. The van der Waals surface area contributed by atoms with Gasteiger partial charge in [-0.15, -0.1) is 0 Å². The molecule has 0 aliphatic carbocycles. The lowest BCUT2D eigenvalue weighted by Gasteiger charge is -2.04. The second-order valence-electron chi connectivity index (χ2n) is 2.55. The zero-order valence-electron chi connectivity index (χ0n) is 7.54. The summed E-state index contributed by atoms with van der Waals surface area (Å²) in [4.78, 5) is 0. The topological polar surface area (TPSA) is 18.5 Å². The Hall–Kier alpha value is -0.803. The minimum absolute atomic E-state index is 0.320. The molecule has 1 aromatic carbocycles. The van der Waals surface area contributed by atoms with Crippen LogP contribution in [0, 0.1) is 0 Å². The van der Waals surface area contributed by atoms with Crippen LogP contribution in [0.4, 0.5) is 0 Å². The van der Waals surface area contributed by atoms with Gasteiger partial charge < -0.3 is 9.47 Å². The van der Waals surface area contributed by atoms with Crippen LogP contribution in [0.1, 0.15) is 5.56 Å². The number of ether oxygens (including phenoxy) is 2. The summed E-state index contributed by atoms with van der Waals surface area (Å²) in [6.07, 6.45) is 0. The van der Waals surface area contributed by atoms with Gasteiger partial charge in [-0.25, -0.2) is 0 Å². The molecule has 0 bridgehead atoms. The molecule has 1 aromatic rings. The van der Waals surface area contributed by atoms with Crippen LogP contribution in [0.2, 0.25) is 0 Å². The molecular weight excluding hydrogens is 168 g/mol. The van der Waals surface area contributed by atoms with E-state index >= 15 is 0 Å². The zero-order valence-corrected chi connectivity index (χ0v) is 9.54. The zero-order chi connectivity index (χ0) is 8.81. The molecule has 2 nitrogen and oxygen atoms in total. The fourth-order valence-corrected chi connectivity index (χ4v) is 1.42. The van der Waals surface area contributed by atoms with Gasteiger partial charge in [-0.1, -0.05) is 17.7 Å². The van der Waals surface area contributed by atoms with Crippen LogP contribution >= 0.6 is 0 Å². The molecule has 0 unspecified atom stereocenters. The van der Waals surface area contributed by atoms with E-state index in [9.17, 15) is 0 Å². The third kappa shape index (κ3) is 2.68. The van der Waals surface area contributed by atoms with Gasteiger partial charge >= 0.3 is 0 Å². The SMILES string of the molecule is COCOc1ccc(C[SiH3])cc1.